The predicted molar refractivity (Wildman–Crippen MR) is 748 cm³/mol. The number of hydrogen-bond acceptors (Lipinski definition) is 0. The quantitative estimate of drug-likeness (QED) is 0.0533. The van der Waals surface area contributed by atoms with Crippen molar-refractivity contribution in [2.75, 3.05) is 0 Å². The van der Waals surface area contributed by atoms with Gasteiger partial charge in [-0.25, -0.2) is 0 Å². The maximum absolute atomic E-state index is 7.61. The summed E-state index contributed by atoms with van der Waals surface area (Å²) in [6.07, 6.45) is -141. The molecule has 0 aromatic heterocycles. The molecule has 0 aliphatic carbocycles. The van der Waals surface area contributed by atoms with Crippen LogP contribution in [-0.2, 0) is 0 Å². The summed E-state index contributed by atoms with van der Waals surface area (Å²) >= 11 is 0. The van der Waals surface area contributed by atoms with Crippen molar-refractivity contribution in [3.8, 4) is 0 Å². The normalized spacial score (nSPS) is 9.88. The molecular weight excluding hydrogens is 1410 g/mol. The average Bonchev–Trinajstić information content (AvgIpc) is 0.698. The molecule has 130 heavy (non-hydrogen) atoms. The fraction of sp³-hybridized carbons (Fsp3) is 0. The lowest BCUT2D eigenvalue weighted by molar-refractivity contribution is 3.11. The summed E-state index contributed by atoms with van der Waals surface area (Å²) in [4.78, 5) is 0. The largest absolute Gasteiger partial charge is 0 e. The topological polar surface area (TPSA) is 0 Å². The lowest BCUT2D eigenvalue weighted by Crippen LogP contribution is -3.03. The molecule has 0 aromatic carbocycles. The van der Waals surface area contributed by atoms with E-state index in [0.717, 1.165) is 0 Å². The van der Waals surface area contributed by atoms with Crippen molar-refractivity contribution in [1.29, 1.82) is 0 Å². The van der Waals surface area contributed by atoms with Crippen molar-refractivity contribution in [1.82, 2.24) is 0 Å². The Labute approximate surface area is 909 Å². The van der Waals surface area contributed by atoms with E-state index in [9.17, 15) is 0 Å². The van der Waals surface area contributed by atoms with Crippen molar-refractivity contribution < 1.29 is 0 Å². The van der Waals surface area contributed by atoms with Gasteiger partial charge in [0.15, 0.2) is 0 Å². The van der Waals surface area contributed by atoms with Gasteiger partial charge < -0.3 is 0 Å². The van der Waals surface area contributed by atoms with E-state index in [1.165, 1.54) is 0 Å². The van der Waals surface area contributed by atoms with Gasteiger partial charge in [-0.05, 0) is 0 Å². The number of rotatable bonds is 63. The van der Waals surface area contributed by atoms with Gasteiger partial charge in [0.25, 0.3) is 0 Å². The summed E-state index contributed by atoms with van der Waals surface area (Å²) < 4.78 is 0. The second kappa shape index (κ2) is 63.7. The van der Waals surface area contributed by atoms with Crippen LogP contribution in [0.25, 0.3) is 0 Å². The first-order valence-electron chi connectivity index (χ1n) is 43.0. The molecule has 130 heteroatoms. The molecular formula is B130. The average molecular weight is 1410 g/mol. The first-order chi connectivity index (χ1) is 59.1. The van der Waals surface area contributed by atoms with Crippen molar-refractivity contribution >= 4 is 919 Å². The Kier molecular flexibility index (Phi) is 67.8. The zero-order chi connectivity index (χ0) is 103. The molecule has 0 atom stereocenters. The molecule has 0 saturated heterocycles. The molecule has 0 aliphatic heterocycles. The molecule has 0 fully saturated rings. The van der Waals surface area contributed by atoms with Crippen LogP contribution < -0.4 is 0 Å². The van der Waals surface area contributed by atoms with Gasteiger partial charge in [0.05, 0.1) is 0 Å². The minimum absolute atomic E-state index is 1.95. The zero-order valence-electron chi connectivity index (χ0n) is 75.1. The van der Waals surface area contributed by atoms with Gasteiger partial charge in [0, 0.05) is 919 Å². The molecule has 0 nitrogen and oxygen atoms in total. The first-order valence-corrected chi connectivity index (χ1v) is 43.0. The van der Waals surface area contributed by atoms with Crippen LogP contribution in [0.2, 0.25) is 0 Å². The van der Waals surface area contributed by atoms with Crippen LogP contribution in [0.15, 0.2) is 0 Å². The zero-order valence-corrected chi connectivity index (χ0v) is 75.1. The second-order valence-electron chi connectivity index (χ2n) is 37.0. The highest BCUT2D eigenvalue weighted by atomic mass is 13.5. The molecule has 0 bridgehead atoms. The second-order valence-corrected chi connectivity index (χ2v) is 37.0. The summed E-state index contributed by atoms with van der Waals surface area (Å²) in [7, 11) is 491. The molecule has 0 spiro atoms. The fourth-order valence-electron chi connectivity index (χ4n) is 23.9. The van der Waals surface area contributed by atoms with Crippen LogP contribution in [0.5, 0.6) is 0 Å². The summed E-state index contributed by atoms with van der Waals surface area (Å²) in [5, 5.41) is 0. The van der Waals surface area contributed by atoms with E-state index in [1.807, 2.05) is 0 Å². The van der Waals surface area contributed by atoms with E-state index in [2.05, 4.69) is 0 Å². The summed E-state index contributed by atoms with van der Waals surface area (Å²) in [5.74, 6) is 0. The molecule has 0 unspecified atom stereocenters. The van der Waals surface area contributed by atoms with Gasteiger partial charge in [0.2, 0.25) is 0 Å². The Hall–Kier alpha value is 8.44. The van der Waals surface area contributed by atoms with Crippen LogP contribution in [-0.4, -0.2) is 919 Å². The maximum Gasteiger partial charge on any atom is 0 e. The third kappa shape index (κ3) is 36.9. The predicted octanol–water partition coefficient (Wildman–Crippen LogP) is -49.5. The molecule has 0 amide bonds. The fourth-order valence-corrected chi connectivity index (χ4v) is 23.9. The molecule has 132 radical (unpaired) electrons. The van der Waals surface area contributed by atoms with E-state index in [1.54, 1.807) is 0 Å². The molecule has 390 valence electrons. The Morgan fingerprint density at radius 1 is 0.0385 bits per heavy atom. The van der Waals surface area contributed by atoms with E-state index in [0.29, 0.717) is 0 Å². The van der Waals surface area contributed by atoms with Gasteiger partial charge in [-0.2, -0.15) is 0 Å². The minimum atomic E-state index is -2.85. The molecule has 0 heterocycles. The van der Waals surface area contributed by atoms with Gasteiger partial charge in [0.1, 0.15) is 0 Å². The molecule has 0 rings (SSSR count). The van der Waals surface area contributed by atoms with Crippen LogP contribution in [0.4, 0.5) is 0 Å². The smallest absolute Gasteiger partial charge is 0 e. The number of hydrogen-bond donors (Lipinski definition) is 0. The molecule has 0 saturated carbocycles. The summed E-state index contributed by atoms with van der Waals surface area (Å²) in [5.41, 5.74) is 0. The van der Waals surface area contributed by atoms with Crippen LogP contribution >= 0.6 is 0 Å². The van der Waals surface area contributed by atoms with E-state index in [4.69, 9.17) is 511 Å². The van der Waals surface area contributed by atoms with Gasteiger partial charge in [-0.1, -0.05) is 0 Å². The standard InChI is InChI=1S/B130/c1-67(2)100(68(3)4)116(99(65)66)124(115(97(61)62)98(63)64)128(123(113(93(53)54)94(55)56)114(95(57)58)96(59)60)130(127(121(109(85(37)38)86(39)40)110(87(41)42)88(43)44)122(111(89(45)46)90(47)48)112(91(49)50)92(51)52)129(125(117(101(69(5)6)70(7)8)102(71(9)10)72(11)12)118(103(73(13)14)74(15)16)104(75(17)18)76(19)20)126(119(105(77(21)22)78(23)24)106(79(25)26)80(27)28)120(107(81(29)30)82(31)32)108(83(33)34)84(35)36. The molecule has 0 N–H and O–H groups in total. The van der Waals surface area contributed by atoms with Crippen molar-refractivity contribution in [3.05, 3.63) is 0 Å². The highest BCUT2D eigenvalue weighted by Crippen LogP contribution is 2.34. The highest BCUT2D eigenvalue weighted by Gasteiger charge is 2.72. The van der Waals surface area contributed by atoms with Crippen LogP contribution in [0.3, 0.4) is 0 Å². The monoisotopic (exact) mass is 1430 g/mol. The third-order valence-corrected chi connectivity index (χ3v) is 28.0. The van der Waals surface area contributed by atoms with Crippen LogP contribution in [0.1, 0.15) is 0 Å². The Morgan fingerprint density at radius 3 is 0.115 bits per heavy atom. The highest BCUT2D eigenvalue weighted by molar-refractivity contribution is 8.47. The van der Waals surface area contributed by atoms with E-state index < -0.39 is 409 Å². The van der Waals surface area contributed by atoms with Gasteiger partial charge in [-0.3, -0.25) is 0 Å². The van der Waals surface area contributed by atoms with E-state index in [-0.39, 0.29) is 0 Å². The Bertz CT molecular complexity index is 2230. The van der Waals surface area contributed by atoms with Crippen molar-refractivity contribution in [2.24, 2.45) is 0 Å². The molecule has 0 aliphatic rings. The first kappa shape index (κ1) is 138. The third-order valence-electron chi connectivity index (χ3n) is 28.0. The summed E-state index contributed by atoms with van der Waals surface area (Å²) in [6, 6.07) is 0. The lowest BCUT2D eigenvalue weighted by atomic mass is 8.16. The van der Waals surface area contributed by atoms with Crippen LogP contribution in [0, 0.1) is 0 Å². The summed E-state index contributed by atoms with van der Waals surface area (Å²) in [6.45, 7) is 0. The lowest BCUT2D eigenvalue weighted by Gasteiger charge is -2.65. The van der Waals surface area contributed by atoms with Gasteiger partial charge >= 0.3 is 0 Å². The Balaban J connectivity index is 17.5. The minimum Gasteiger partial charge on any atom is 0 e. The van der Waals surface area contributed by atoms with Gasteiger partial charge in [-0.15, -0.1) is 0 Å². The maximum atomic E-state index is 7.61. The Morgan fingerprint density at radius 2 is 0.0692 bits per heavy atom. The van der Waals surface area contributed by atoms with Crippen molar-refractivity contribution in [3.63, 3.8) is 0 Å². The van der Waals surface area contributed by atoms with E-state index >= 15 is 0 Å². The SMILES string of the molecule is [B]B([B])B(B([B])[B])B(B([B])[B])B(B(B([B])[B])B([B])[B])B(B(B(B([B])[B])B([B])[B])B(B([B])[B])B([B])[B])B(B(B(B(B([B])[B])B([B])[B])B(B([B])[B])B([B])[B])B(B(B([B])[B])B([B])[B])B(B([B])[B])B([B])[B])B(B(B(B(B([B])[B])B([B])[B])B(B([B])[B])B([B])[B])B(B(B([B])[B])B([B])[B])B(B([B])[B])B([B])[B])B(B(B(B([B])[B])B([B])[B])B(B([B])[B])B([B])[B])B(B(B([B])[B])B([B])[B])B(B([B])[B])B([B])[B]. The van der Waals surface area contributed by atoms with Crippen molar-refractivity contribution in [2.45, 2.75) is 0 Å². The molecule has 0 aromatic rings.